The summed E-state index contributed by atoms with van der Waals surface area (Å²) in [6, 6.07) is 12.5. The molecule has 4 nitrogen and oxygen atoms in total. The third kappa shape index (κ3) is 4.73. The average molecular weight is 342 g/mol. The summed E-state index contributed by atoms with van der Waals surface area (Å²) in [7, 11) is 0. The lowest BCUT2D eigenvalue weighted by molar-refractivity contribution is 0.0938. The third-order valence-electron chi connectivity index (χ3n) is 4.75. The Hall–Kier alpha value is -2.07. The molecule has 0 fully saturated rings. The third-order valence-corrected chi connectivity index (χ3v) is 4.75. The largest absolute Gasteiger partial charge is 0.393 e. The van der Waals surface area contributed by atoms with Crippen molar-refractivity contribution in [2.75, 3.05) is 6.54 Å². The minimum Gasteiger partial charge on any atom is -0.393 e. The molecule has 136 valence electrons. The van der Waals surface area contributed by atoms with Crippen LogP contribution in [0.3, 0.4) is 0 Å². The van der Waals surface area contributed by atoms with Gasteiger partial charge in [0.05, 0.1) is 17.7 Å². The maximum atomic E-state index is 12.6. The number of benzene rings is 1. The summed E-state index contributed by atoms with van der Waals surface area (Å²) in [6.07, 6.45) is 0.341. The zero-order chi connectivity index (χ0) is 18.6. The Morgan fingerprint density at radius 2 is 1.80 bits per heavy atom. The first-order valence-electron chi connectivity index (χ1n) is 9.00. The molecule has 1 aromatic carbocycles. The lowest BCUT2D eigenvalue weighted by Gasteiger charge is -2.19. The lowest BCUT2D eigenvalue weighted by Crippen LogP contribution is -2.29. The number of nitrogens with zero attached hydrogens (tertiary/aromatic N) is 1. The van der Waals surface area contributed by atoms with Crippen LogP contribution in [-0.2, 0) is 0 Å². The highest BCUT2D eigenvalue weighted by atomic mass is 16.3. The van der Waals surface area contributed by atoms with Crippen LogP contribution in [0.5, 0.6) is 0 Å². The van der Waals surface area contributed by atoms with Crippen molar-refractivity contribution in [1.82, 2.24) is 9.88 Å². The molecule has 4 heteroatoms. The van der Waals surface area contributed by atoms with Crippen LogP contribution in [0, 0.1) is 19.8 Å². The van der Waals surface area contributed by atoms with Crippen molar-refractivity contribution in [2.24, 2.45) is 5.92 Å². The van der Waals surface area contributed by atoms with E-state index in [1.54, 1.807) is 6.92 Å². The maximum Gasteiger partial charge on any atom is 0.253 e. The first-order chi connectivity index (χ1) is 11.8. The number of carbonyl (C=O) groups is 1. The number of hydrogen-bond acceptors (Lipinski definition) is 2. The zero-order valence-electron chi connectivity index (χ0n) is 15.9. The van der Waals surface area contributed by atoms with E-state index in [0.29, 0.717) is 13.0 Å². The van der Waals surface area contributed by atoms with Gasteiger partial charge in [-0.25, -0.2) is 0 Å². The molecule has 2 rings (SSSR count). The van der Waals surface area contributed by atoms with E-state index in [1.165, 1.54) is 5.56 Å². The molecule has 1 amide bonds. The highest BCUT2D eigenvalue weighted by Crippen LogP contribution is 2.25. The molecule has 0 aliphatic rings. The monoisotopic (exact) mass is 342 g/mol. The Labute approximate surface area is 150 Å². The summed E-state index contributed by atoms with van der Waals surface area (Å²) in [5.74, 6) is 0.202. The van der Waals surface area contributed by atoms with Gasteiger partial charge in [-0.2, -0.15) is 0 Å². The Morgan fingerprint density at radius 3 is 2.40 bits per heavy atom. The molecule has 2 N–H and O–H groups in total. The molecule has 0 bridgehead atoms. The van der Waals surface area contributed by atoms with Crippen LogP contribution in [0.25, 0.3) is 0 Å². The van der Waals surface area contributed by atoms with Gasteiger partial charge in [0.1, 0.15) is 0 Å². The van der Waals surface area contributed by atoms with Gasteiger partial charge in [0.15, 0.2) is 0 Å². The molecule has 1 aromatic heterocycles. The van der Waals surface area contributed by atoms with E-state index >= 15 is 0 Å². The molecule has 25 heavy (non-hydrogen) atoms. The molecule has 0 saturated carbocycles. The van der Waals surface area contributed by atoms with Gasteiger partial charge in [-0.3, -0.25) is 4.79 Å². The highest BCUT2D eigenvalue weighted by Gasteiger charge is 2.20. The highest BCUT2D eigenvalue weighted by molar-refractivity contribution is 5.95. The van der Waals surface area contributed by atoms with Crippen LogP contribution in [0.4, 0.5) is 0 Å². The Bertz CT molecular complexity index is 704. The standard InChI is InChI=1S/C21H30N2O2/c1-14(11-16(3)24)13-22-21(25)20-12-15(2)23(18(20)5)17(4)19-9-7-6-8-10-19/h6-10,12,14,16-17,24H,11,13H2,1-5H3,(H,22,25). The number of aliphatic hydroxyl groups excluding tert-OH is 1. The van der Waals surface area contributed by atoms with Gasteiger partial charge in [-0.05, 0) is 51.7 Å². The second-order valence-electron chi connectivity index (χ2n) is 7.14. The summed E-state index contributed by atoms with van der Waals surface area (Å²) in [5.41, 5.74) is 4.01. The van der Waals surface area contributed by atoms with Gasteiger partial charge in [-0.1, -0.05) is 37.3 Å². The minimum absolute atomic E-state index is 0.0444. The molecular formula is C21H30N2O2. The summed E-state index contributed by atoms with van der Waals surface area (Å²) in [4.78, 5) is 12.6. The van der Waals surface area contributed by atoms with Gasteiger partial charge in [0.2, 0.25) is 0 Å². The molecule has 0 radical (unpaired) electrons. The van der Waals surface area contributed by atoms with Gasteiger partial charge >= 0.3 is 0 Å². The Balaban J connectivity index is 2.14. The lowest BCUT2D eigenvalue weighted by atomic mass is 10.0. The summed E-state index contributed by atoms with van der Waals surface area (Å²) in [6.45, 7) is 10.6. The van der Waals surface area contributed by atoms with Crippen LogP contribution in [0.15, 0.2) is 36.4 Å². The normalized spacial score (nSPS) is 14.8. The molecule has 0 spiro atoms. The van der Waals surface area contributed by atoms with E-state index in [-0.39, 0.29) is 24.0 Å². The van der Waals surface area contributed by atoms with E-state index in [1.807, 2.05) is 45.0 Å². The summed E-state index contributed by atoms with van der Waals surface area (Å²) in [5, 5.41) is 12.4. The topological polar surface area (TPSA) is 54.3 Å². The molecule has 3 atom stereocenters. The number of aryl methyl sites for hydroxylation is 1. The number of aromatic nitrogens is 1. The van der Waals surface area contributed by atoms with E-state index in [0.717, 1.165) is 17.0 Å². The minimum atomic E-state index is -0.344. The van der Waals surface area contributed by atoms with Gasteiger partial charge in [-0.15, -0.1) is 0 Å². The van der Waals surface area contributed by atoms with E-state index in [4.69, 9.17) is 0 Å². The molecule has 2 aromatic rings. The second-order valence-corrected chi connectivity index (χ2v) is 7.14. The fourth-order valence-corrected chi connectivity index (χ4v) is 3.51. The first-order valence-corrected chi connectivity index (χ1v) is 9.00. The van der Waals surface area contributed by atoms with Crippen molar-refractivity contribution in [3.63, 3.8) is 0 Å². The van der Waals surface area contributed by atoms with Crippen LogP contribution in [0.1, 0.15) is 60.5 Å². The molecule has 0 saturated heterocycles. The summed E-state index contributed by atoms with van der Waals surface area (Å²) < 4.78 is 2.21. The Kier molecular flexibility index (Phi) is 6.43. The summed E-state index contributed by atoms with van der Waals surface area (Å²) >= 11 is 0. The van der Waals surface area contributed by atoms with E-state index in [9.17, 15) is 9.90 Å². The molecule has 3 unspecified atom stereocenters. The number of nitrogens with one attached hydrogen (secondary N) is 1. The van der Waals surface area contributed by atoms with Gasteiger partial charge in [0.25, 0.3) is 5.91 Å². The SMILES string of the molecule is Cc1cc(C(=O)NCC(C)CC(C)O)c(C)n1C(C)c1ccccc1. The van der Waals surface area contributed by atoms with Crippen molar-refractivity contribution < 1.29 is 9.90 Å². The molecule has 0 aliphatic carbocycles. The molecular weight excluding hydrogens is 312 g/mol. The quantitative estimate of drug-likeness (QED) is 0.803. The smallest absolute Gasteiger partial charge is 0.253 e. The average Bonchev–Trinajstić information content (AvgIpc) is 2.87. The van der Waals surface area contributed by atoms with Crippen molar-refractivity contribution >= 4 is 5.91 Å². The van der Waals surface area contributed by atoms with E-state index in [2.05, 4.69) is 28.9 Å². The van der Waals surface area contributed by atoms with Crippen molar-refractivity contribution in [2.45, 2.75) is 53.2 Å². The Morgan fingerprint density at radius 1 is 1.16 bits per heavy atom. The molecule has 0 aliphatic heterocycles. The zero-order valence-corrected chi connectivity index (χ0v) is 15.9. The van der Waals surface area contributed by atoms with Crippen LogP contribution in [0.2, 0.25) is 0 Å². The van der Waals surface area contributed by atoms with Crippen molar-refractivity contribution in [3.05, 3.63) is 58.9 Å². The maximum absolute atomic E-state index is 12.6. The fraction of sp³-hybridized carbons (Fsp3) is 0.476. The fourth-order valence-electron chi connectivity index (χ4n) is 3.51. The predicted molar refractivity (Wildman–Crippen MR) is 102 cm³/mol. The van der Waals surface area contributed by atoms with Crippen LogP contribution < -0.4 is 5.32 Å². The first kappa shape index (κ1) is 19.3. The number of carbonyl (C=O) groups excluding carboxylic acids is 1. The van der Waals surface area contributed by atoms with Crippen molar-refractivity contribution in [1.29, 1.82) is 0 Å². The van der Waals surface area contributed by atoms with Crippen molar-refractivity contribution in [3.8, 4) is 0 Å². The second kappa shape index (κ2) is 8.34. The van der Waals surface area contributed by atoms with Crippen LogP contribution in [-0.4, -0.2) is 28.2 Å². The number of hydrogen-bond donors (Lipinski definition) is 2. The number of rotatable bonds is 7. The van der Waals surface area contributed by atoms with Crippen LogP contribution >= 0.6 is 0 Å². The number of amides is 1. The van der Waals surface area contributed by atoms with Gasteiger partial charge in [0, 0.05) is 17.9 Å². The number of aliphatic hydroxyl groups is 1. The van der Waals surface area contributed by atoms with Gasteiger partial charge < -0.3 is 15.0 Å². The van der Waals surface area contributed by atoms with E-state index < -0.39 is 0 Å². The predicted octanol–water partition coefficient (Wildman–Crippen LogP) is 3.85. The molecule has 1 heterocycles.